The van der Waals surface area contributed by atoms with E-state index in [0.29, 0.717) is 11.4 Å². The van der Waals surface area contributed by atoms with E-state index < -0.39 is 0 Å². The van der Waals surface area contributed by atoms with Crippen molar-refractivity contribution in [2.24, 2.45) is 5.10 Å². The van der Waals surface area contributed by atoms with Gasteiger partial charge in [0.05, 0.1) is 6.42 Å². The highest BCUT2D eigenvalue weighted by Gasteiger charge is 2.04. The fourth-order valence-electron chi connectivity index (χ4n) is 1.18. The molecule has 1 aromatic carbocycles. The molecule has 2 amide bonds. The summed E-state index contributed by atoms with van der Waals surface area (Å²) in [5.74, 6) is -0.946. The molecule has 18 heavy (non-hydrogen) atoms. The number of carbonyl (C=O) groups excluding carboxylic acids is 2. The summed E-state index contributed by atoms with van der Waals surface area (Å²) in [7, 11) is 0. The van der Waals surface area contributed by atoms with Crippen LogP contribution in [0.1, 0.15) is 20.3 Å². The summed E-state index contributed by atoms with van der Waals surface area (Å²) in [6.45, 7) is 2.95. The maximum absolute atomic E-state index is 12.6. The predicted octanol–water partition coefficient (Wildman–Crippen LogP) is 1.67. The molecule has 6 heteroatoms. The zero-order valence-corrected chi connectivity index (χ0v) is 10.2. The minimum absolute atomic E-state index is 0.0532. The third-order valence-corrected chi connectivity index (χ3v) is 1.95. The SMILES string of the molecule is CC(=O)NN=C(C)CC(=O)Nc1ccc(F)cc1. The number of nitrogens with one attached hydrogen (secondary N) is 2. The normalized spacial score (nSPS) is 10.9. The summed E-state index contributed by atoms with van der Waals surface area (Å²) in [5, 5.41) is 6.30. The Morgan fingerprint density at radius 3 is 2.39 bits per heavy atom. The molecule has 0 fully saturated rings. The van der Waals surface area contributed by atoms with Gasteiger partial charge in [-0.3, -0.25) is 9.59 Å². The van der Waals surface area contributed by atoms with Crippen LogP contribution in [0.3, 0.4) is 0 Å². The van der Waals surface area contributed by atoms with Crippen LogP contribution < -0.4 is 10.7 Å². The first-order chi connectivity index (χ1) is 8.47. The number of halogens is 1. The Morgan fingerprint density at radius 1 is 1.22 bits per heavy atom. The lowest BCUT2D eigenvalue weighted by Gasteiger charge is -2.04. The number of nitrogens with zero attached hydrogens (tertiary/aromatic N) is 1. The van der Waals surface area contributed by atoms with Gasteiger partial charge in [-0.2, -0.15) is 5.10 Å². The van der Waals surface area contributed by atoms with Crippen LogP contribution >= 0.6 is 0 Å². The average molecular weight is 251 g/mol. The second kappa shape index (κ2) is 6.48. The number of hydrogen-bond acceptors (Lipinski definition) is 3. The van der Waals surface area contributed by atoms with Crippen molar-refractivity contribution in [2.45, 2.75) is 20.3 Å². The van der Waals surface area contributed by atoms with Gasteiger partial charge in [0.1, 0.15) is 5.82 Å². The summed E-state index contributed by atoms with van der Waals surface area (Å²) in [4.78, 5) is 22.2. The number of carbonyl (C=O) groups is 2. The van der Waals surface area contributed by atoms with Gasteiger partial charge in [0.25, 0.3) is 0 Å². The Bertz CT molecular complexity index is 469. The lowest BCUT2D eigenvalue weighted by Crippen LogP contribution is -2.19. The minimum atomic E-state index is -0.364. The first kappa shape index (κ1) is 13.8. The van der Waals surface area contributed by atoms with Crippen molar-refractivity contribution in [1.29, 1.82) is 0 Å². The Morgan fingerprint density at radius 2 is 1.83 bits per heavy atom. The van der Waals surface area contributed by atoms with Crippen molar-refractivity contribution >= 4 is 23.2 Å². The van der Waals surface area contributed by atoms with Gasteiger partial charge in [0, 0.05) is 18.3 Å². The number of anilines is 1. The zero-order valence-electron chi connectivity index (χ0n) is 10.2. The number of hydrogen-bond donors (Lipinski definition) is 2. The summed E-state index contributed by atoms with van der Waals surface area (Å²) in [6, 6.07) is 5.45. The van der Waals surface area contributed by atoms with Crippen molar-refractivity contribution in [3.63, 3.8) is 0 Å². The van der Waals surface area contributed by atoms with E-state index in [9.17, 15) is 14.0 Å². The highest BCUT2D eigenvalue weighted by atomic mass is 19.1. The standard InChI is InChI=1S/C12H14FN3O2/c1-8(15-16-9(2)17)7-12(18)14-11-5-3-10(13)4-6-11/h3-6H,7H2,1-2H3,(H,14,18)(H,16,17). The van der Waals surface area contributed by atoms with Crippen LogP contribution in [-0.4, -0.2) is 17.5 Å². The van der Waals surface area contributed by atoms with Gasteiger partial charge in [0.15, 0.2) is 0 Å². The molecule has 0 spiro atoms. The molecule has 5 nitrogen and oxygen atoms in total. The first-order valence-electron chi connectivity index (χ1n) is 5.32. The van der Waals surface area contributed by atoms with Gasteiger partial charge in [0.2, 0.25) is 11.8 Å². The van der Waals surface area contributed by atoms with Crippen LogP contribution in [0.25, 0.3) is 0 Å². The zero-order chi connectivity index (χ0) is 13.5. The number of rotatable bonds is 4. The second-order valence-corrected chi connectivity index (χ2v) is 3.75. The van der Waals surface area contributed by atoms with E-state index in [4.69, 9.17) is 0 Å². The molecule has 0 aliphatic carbocycles. The Hall–Kier alpha value is -2.24. The third kappa shape index (κ3) is 5.20. The Labute approximate surface area is 104 Å². The molecule has 96 valence electrons. The smallest absolute Gasteiger partial charge is 0.236 e. The molecule has 0 bridgehead atoms. The number of amides is 2. The molecule has 0 aliphatic rings. The lowest BCUT2D eigenvalue weighted by atomic mass is 10.2. The number of benzene rings is 1. The van der Waals surface area contributed by atoms with E-state index in [-0.39, 0.29) is 24.1 Å². The van der Waals surface area contributed by atoms with Crippen LogP contribution in [-0.2, 0) is 9.59 Å². The molecule has 1 rings (SSSR count). The topological polar surface area (TPSA) is 70.6 Å². The molecular formula is C12H14FN3O2. The van der Waals surface area contributed by atoms with Gasteiger partial charge in [-0.1, -0.05) is 0 Å². The summed E-state index contributed by atoms with van der Waals surface area (Å²) in [5.41, 5.74) is 3.23. The van der Waals surface area contributed by atoms with Gasteiger partial charge >= 0.3 is 0 Å². The van der Waals surface area contributed by atoms with Crippen molar-refractivity contribution in [3.05, 3.63) is 30.1 Å². The molecule has 0 radical (unpaired) electrons. The van der Waals surface area contributed by atoms with Crippen LogP contribution in [0.5, 0.6) is 0 Å². The first-order valence-corrected chi connectivity index (χ1v) is 5.32. The van der Waals surface area contributed by atoms with E-state index in [1.807, 2.05) is 0 Å². The van der Waals surface area contributed by atoms with Gasteiger partial charge in [-0.25, -0.2) is 9.82 Å². The third-order valence-electron chi connectivity index (χ3n) is 1.95. The summed E-state index contributed by atoms with van der Waals surface area (Å²) >= 11 is 0. The summed E-state index contributed by atoms with van der Waals surface area (Å²) < 4.78 is 12.6. The van der Waals surface area contributed by atoms with Gasteiger partial charge in [-0.05, 0) is 31.2 Å². The summed E-state index contributed by atoms with van der Waals surface area (Å²) in [6.07, 6.45) is 0.0532. The Balaban J connectivity index is 2.49. The quantitative estimate of drug-likeness (QED) is 0.631. The molecule has 0 aliphatic heterocycles. The largest absolute Gasteiger partial charge is 0.326 e. The van der Waals surface area contributed by atoms with Crippen molar-refractivity contribution in [2.75, 3.05) is 5.32 Å². The maximum Gasteiger partial charge on any atom is 0.236 e. The van der Waals surface area contributed by atoms with E-state index in [0.717, 1.165) is 0 Å². The monoisotopic (exact) mass is 251 g/mol. The molecule has 0 aromatic heterocycles. The van der Waals surface area contributed by atoms with Gasteiger partial charge < -0.3 is 5.32 Å². The molecule has 0 unspecified atom stereocenters. The molecule has 1 aromatic rings. The van der Waals surface area contributed by atoms with Crippen LogP contribution in [0.15, 0.2) is 29.4 Å². The average Bonchev–Trinajstić information content (AvgIpc) is 2.29. The molecule has 0 saturated carbocycles. The van der Waals surface area contributed by atoms with Crippen molar-refractivity contribution in [1.82, 2.24) is 5.43 Å². The highest BCUT2D eigenvalue weighted by Crippen LogP contribution is 2.08. The predicted molar refractivity (Wildman–Crippen MR) is 66.6 cm³/mol. The molecule has 0 saturated heterocycles. The van der Waals surface area contributed by atoms with E-state index in [1.165, 1.54) is 31.2 Å². The van der Waals surface area contributed by atoms with E-state index in [1.54, 1.807) is 6.92 Å². The molecular weight excluding hydrogens is 237 g/mol. The lowest BCUT2D eigenvalue weighted by molar-refractivity contribution is -0.119. The molecule has 0 atom stereocenters. The van der Waals surface area contributed by atoms with E-state index in [2.05, 4.69) is 15.8 Å². The molecule has 0 heterocycles. The fourth-order valence-corrected chi connectivity index (χ4v) is 1.18. The van der Waals surface area contributed by atoms with Crippen LogP contribution in [0.4, 0.5) is 10.1 Å². The van der Waals surface area contributed by atoms with Crippen molar-refractivity contribution in [3.8, 4) is 0 Å². The molecule has 2 N–H and O–H groups in total. The van der Waals surface area contributed by atoms with Crippen LogP contribution in [0.2, 0.25) is 0 Å². The highest BCUT2D eigenvalue weighted by molar-refractivity contribution is 6.05. The maximum atomic E-state index is 12.6. The van der Waals surface area contributed by atoms with Gasteiger partial charge in [-0.15, -0.1) is 0 Å². The fraction of sp³-hybridized carbons (Fsp3) is 0.250. The minimum Gasteiger partial charge on any atom is -0.326 e. The van der Waals surface area contributed by atoms with Crippen LogP contribution in [0, 0.1) is 5.82 Å². The second-order valence-electron chi connectivity index (χ2n) is 3.75. The van der Waals surface area contributed by atoms with Crippen molar-refractivity contribution < 1.29 is 14.0 Å². The Kier molecular flexibility index (Phi) is 4.98. The van der Waals surface area contributed by atoms with E-state index >= 15 is 0 Å². The number of hydrazone groups is 1.